The molecule has 3 rings (SSSR count). The minimum atomic E-state index is -0.875. The van der Waals surface area contributed by atoms with E-state index in [9.17, 15) is 4.79 Å². The van der Waals surface area contributed by atoms with Crippen LogP contribution in [0.5, 0.6) is 0 Å². The highest BCUT2D eigenvalue weighted by atomic mass is 16.4. The third kappa shape index (κ3) is 3.16. The van der Waals surface area contributed by atoms with Crippen LogP contribution >= 0.6 is 0 Å². The predicted octanol–water partition coefficient (Wildman–Crippen LogP) is 3.73. The number of likely N-dealkylation sites (N-methyl/N-ethyl adjacent to an activating group) is 1. The van der Waals surface area contributed by atoms with Crippen molar-refractivity contribution in [2.45, 2.75) is 6.92 Å². The molecule has 0 atom stereocenters. The summed E-state index contributed by atoms with van der Waals surface area (Å²) in [6, 6.07) is 18.2. The Kier molecular flexibility index (Phi) is 3.98. The van der Waals surface area contributed by atoms with Crippen molar-refractivity contribution < 1.29 is 9.90 Å². The number of aryl methyl sites for hydroxylation is 1. The molecule has 1 heterocycles. The Morgan fingerprint density at radius 2 is 1.87 bits per heavy atom. The van der Waals surface area contributed by atoms with Crippen molar-refractivity contribution in [1.82, 2.24) is 4.98 Å². The molecule has 116 valence electrons. The lowest BCUT2D eigenvalue weighted by atomic mass is 9.99. The summed E-state index contributed by atoms with van der Waals surface area (Å²) in [6.45, 7) is 1.97. The van der Waals surface area contributed by atoms with Gasteiger partial charge in [0.2, 0.25) is 0 Å². The lowest BCUT2D eigenvalue weighted by Gasteiger charge is -2.18. The number of carboxylic acids is 1. The van der Waals surface area contributed by atoms with Crippen molar-refractivity contribution in [3.8, 4) is 11.1 Å². The minimum absolute atomic E-state index is 0.0847. The number of fused-ring (bicyclic) bond motifs is 1. The normalized spacial score (nSPS) is 10.7. The third-order valence-electron chi connectivity index (χ3n) is 3.80. The minimum Gasteiger partial charge on any atom is -0.480 e. The summed E-state index contributed by atoms with van der Waals surface area (Å²) in [5.74, 6) is -0.220. The number of nitrogens with zero attached hydrogens (tertiary/aromatic N) is 2. The molecule has 0 saturated carbocycles. The van der Waals surface area contributed by atoms with Crippen molar-refractivity contribution in [2.75, 3.05) is 18.5 Å². The Hall–Kier alpha value is -2.88. The molecule has 3 aromatic rings. The van der Waals surface area contributed by atoms with Crippen LogP contribution in [-0.2, 0) is 4.79 Å². The fraction of sp³-hybridized carbons (Fsp3) is 0.158. The summed E-state index contributed by atoms with van der Waals surface area (Å²) < 4.78 is 0. The highest BCUT2D eigenvalue weighted by Gasteiger charge is 2.12. The van der Waals surface area contributed by atoms with Gasteiger partial charge >= 0.3 is 5.97 Å². The van der Waals surface area contributed by atoms with Gasteiger partial charge in [0.05, 0.1) is 5.52 Å². The Bertz CT molecular complexity index is 860. The molecule has 0 aliphatic carbocycles. The van der Waals surface area contributed by atoms with E-state index in [-0.39, 0.29) is 6.54 Å². The summed E-state index contributed by atoms with van der Waals surface area (Å²) in [4.78, 5) is 17.2. The third-order valence-corrected chi connectivity index (χ3v) is 3.80. The zero-order chi connectivity index (χ0) is 16.4. The van der Waals surface area contributed by atoms with Crippen LogP contribution in [0.4, 0.5) is 5.82 Å². The van der Waals surface area contributed by atoms with E-state index in [2.05, 4.69) is 30.1 Å². The van der Waals surface area contributed by atoms with Gasteiger partial charge in [0.25, 0.3) is 0 Å². The first-order chi connectivity index (χ1) is 11.0. The molecule has 0 saturated heterocycles. The van der Waals surface area contributed by atoms with Crippen molar-refractivity contribution in [3.05, 3.63) is 60.2 Å². The maximum Gasteiger partial charge on any atom is 0.323 e. The molecule has 1 aromatic heterocycles. The van der Waals surface area contributed by atoms with Gasteiger partial charge in [0, 0.05) is 12.4 Å². The van der Waals surface area contributed by atoms with E-state index in [1.165, 1.54) is 5.56 Å². The molecule has 2 aromatic carbocycles. The first kappa shape index (κ1) is 15.0. The number of aromatic nitrogens is 1. The van der Waals surface area contributed by atoms with Crippen LogP contribution in [0.1, 0.15) is 5.56 Å². The average molecular weight is 306 g/mol. The fourth-order valence-corrected chi connectivity index (χ4v) is 2.66. The van der Waals surface area contributed by atoms with E-state index in [4.69, 9.17) is 5.11 Å². The average Bonchev–Trinajstić information content (AvgIpc) is 2.54. The number of pyridine rings is 1. The van der Waals surface area contributed by atoms with E-state index in [0.29, 0.717) is 5.82 Å². The van der Waals surface area contributed by atoms with Crippen LogP contribution in [0.2, 0.25) is 0 Å². The summed E-state index contributed by atoms with van der Waals surface area (Å²) in [6.07, 6.45) is 0. The van der Waals surface area contributed by atoms with Crippen molar-refractivity contribution in [2.24, 2.45) is 0 Å². The molecular formula is C19H18N2O2. The van der Waals surface area contributed by atoms with E-state index >= 15 is 0 Å². The molecule has 4 heteroatoms. The molecule has 0 radical (unpaired) electrons. The van der Waals surface area contributed by atoms with E-state index < -0.39 is 5.97 Å². The van der Waals surface area contributed by atoms with Crippen LogP contribution in [-0.4, -0.2) is 29.7 Å². The van der Waals surface area contributed by atoms with Crippen LogP contribution in [0.3, 0.4) is 0 Å². The summed E-state index contributed by atoms with van der Waals surface area (Å²) >= 11 is 0. The Morgan fingerprint density at radius 1 is 1.13 bits per heavy atom. The van der Waals surface area contributed by atoms with Crippen LogP contribution in [0.25, 0.3) is 22.0 Å². The Labute approximate surface area is 135 Å². The second-order valence-electron chi connectivity index (χ2n) is 5.66. The SMILES string of the molecule is Cc1ccc2nc(N(C)CC(=O)O)cc(-c3ccccc3)c2c1. The van der Waals surface area contributed by atoms with E-state index in [0.717, 1.165) is 22.0 Å². The quantitative estimate of drug-likeness (QED) is 0.798. The number of benzene rings is 2. The fourth-order valence-electron chi connectivity index (χ4n) is 2.66. The Morgan fingerprint density at radius 3 is 2.57 bits per heavy atom. The highest BCUT2D eigenvalue weighted by molar-refractivity contribution is 5.96. The topological polar surface area (TPSA) is 53.4 Å². The largest absolute Gasteiger partial charge is 0.480 e. The van der Waals surface area contributed by atoms with E-state index in [1.807, 2.05) is 36.4 Å². The molecule has 23 heavy (non-hydrogen) atoms. The zero-order valence-electron chi connectivity index (χ0n) is 13.2. The van der Waals surface area contributed by atoms with Gasteiger partial charge in [0.1, 0.15) is 12.4 Å². The number of hydrogen-bond donors (Lipinski definition) is 1. The molecular weight excluding hydrogens is 288 g/mol. The van der Waals surface area contributed by atoms with Gasteiger partial charge in [-0.3, -0.25) is 4.79 Å². The van der Waals surface area contributed by atoms with Crippen molar-refractivity contribution >= 4 is 22.7 Å². The molecule has 0 fully saturated rings. The smallest absolute Gasteiger partial charge is 0.323 e. The van der Waals surface area contributed by atoms with Gasteiger partial charge in [-0.1, -0.05) is 42.0 Å². The zero-order valence-corrected chi connectivity index (χ0v) is 13.2. The lowest BCUT2D eigenvalue weighted by molar-refractivity contribution is -0.135. The van der Waals surface area contributed by atoms with Crippen LogP contribution in [0, 0.1) is 6.92 Å². The predicted molar refractivity (Wildman–Crippen MR) is 92.8 cm³/mol. The van der Waals surface area contributed by atoms with E-state index in [1.54, 1.807) is 11.9 Å². The maximum atomic E-state index is 11.0. The monoisotopic (exact) mass is 306 g/mol. The molecule has 4 nitrogen and oxygen atoms in total. The van der Waals surface area contributed by atoms with Crippen LogP contribution in [0.15, 0.2) is 54.6 Å². The number of aliphatic carboxylic acids is 1. The second kappa shape index (κ2) is 6.08. The number of anilines is 1. The standard InChI is InChI=1S/C19H18N2O2/c1-13-8-9-17-16(10-13)15(14-6-4-3-5-7-14)11-18(20-17)21(2)12-19(22)23/h3-11H,12H2,1-2H3,(H,22,23). The molecule has 0 amide bonds. The maximum absolute atomic E-state index is 11.0. The molecule has 0 unspecified atom stereocenters. The summed E-state index contributed by atoms with van der Waals surface area (Å²) in [5.41, 5.74) is 4.19. The number of rotatable bonds is 4. The number of hydrogen-bond acceptors (Lipinski definition) is 3. The van der Waals surface area contributed by atoms with Gasteiger partial charge < -0.3 is 10.0 Å². The van der Waals surface area contributed by atoms with Gasteiger partial charge in [-0.25, -0.2) is 4.98 Å². The molecule has 0 bridgehead atoms. The molecule has 1 N–H and O–H groups in total. The van der Waals surface area contributed by atoms with Gasteiger partial charge in [-0.2, -0.15) is 0 Å². The van der Waals surface area contributed by atoms with Gasteiger partial charge in [-0.05, 0) is 36.2 Å². The summed E-state index contributed by atoms with van der Waals surface area (Å²) in [5, 5.41) is 10.1. The van der Waals surface area contributed by atoms with Crippen LogP contribution < -0.4 is 4.90 Å². The Balaban J connectivity index is 2.22. The number of carbonyl (C=O) groups is 1. The second-order valence-corrected chi connectivity index (χ2v) is 5.66. The lowest BCUT2D eigenvalue weighted by Crippen LogP contribution is -2.25. The first-order valence-electron chi connectivity index (χ1n) is 7.44. The first-order valence-corrected chi connectivity index (χ1v) is 7.44. The highest BCUT2D eigenvalue weighted by Crippen LogP contribution is 2.31. The molecule has 0 aliphatic heterocycles. The molecule has 0 aliphatic rings. The summed E-state index contributed by atoms with van der Waals surface area (Å²) in [7, 11) is 1.74. The van der Waals surface area contributed by atoms with Crippen molar-refractivity contribution in [1.29, 1.82) is 0 Å². The number of carboxylic acid groups (broad SMARTS) is 1. The van der Waals surface area contributed by atoms with Gasteiger partial charge in [-0.15, -0.1) is 0 Å². The molecule has 0 spiro atoms. The van der Waals surface area contributed by atoms with Crippen molar-refractivity contribution in [3.63, 3.8) is 0 Å². The van der Waals surface area contributed by atoms with Gasteiger partial charge in [0.15, 0.2) is 0 Å².